The first kappa shape index (κ1) is 18.9. The lowest BCUT2D eigenvalue weighted by Crippen LogP contribution is -2.49. The molecule has 1 saturated carbocycles. The Morgan fingerprint density at radius 3 is 2.50 bits per heavy atom. The van der Waals surface area contributed by atoms with E-state index in [9.17, 15) is 19.8 Å². The molecule has 1 aromatic rings. The van der Waals surface area contributed by atoms with Crippen molar-refractivity contribution in [3.05, 3.63) is 22.4 Å². The summed E-state index contributed by atoms with van der Waals surface area (Å²) in [4.78, 5) is 23.1. The van der Waals surface area contributed by atoms with E-state index in [1.165, 1.54) is 0 Å². The number of nitrogens with two attached hydrogens (primary N) is 2. The molecule has 6 N–H and O–H groups in total. The van der Waals surface area contributed by atoms with E-state index in [0.717, 1.165) is 12.0 Å². The van der Waals surface area contributed by atoms with Gasteiger partial charge in [0.1, 0.15) is 0 Å². The van der Waals surface area contributed by atoms with Crippen molar-refractivity contribution < 1.29 is 19.8 Å². The monoisotopic (exact) mass is 354 g/mol. The molecule has 0 aromatic carbocycles. The first-order valence-electron chi connectivity index (χ1n) is 8.32. The van der Waals surface area contributed by atoms with Gasteiger partial charge < -0.3 is 21.7 Å². The molecule has 0 saturated heterocycles. The van der Waals surface area contributed by atoms with Crippen molar-refractivity contribution in [2.75, 3.05) is 0 Å². The Labute approximate surface area is 145 Å². The second-order valence-corrected chi connectivity index (χ2v) is 7.58. The van der Waals surface area contributed by atoms with Gasteiger partial charge in [0.25, 0.3) is 0 Å². The second-order valence-electron chi connectivity index (χ2n) is 6.79. The molecule has 2 atom stereocenters. The van der Waals surface area contributed by atoms with Crippen molar-refractivity contribution in [2.45, 2.75) is 56.7 Å². The molecule has 0 bridgehead atoms. The highest BCUT2D eigenvalue weighted by Crippen LogP contribution is 2.39. The van der Waals surface area contributed by atoms with E-state index in [1.807, 2.05) is 16.8 Å². The summed E-state index contributed by atoms with van der Waals surface area (Å²) in [5, 5.41) is 25.1. The summed E-state index contributed by atoms with van der Waals surface area (Å²) >= 11 is 1.60. The molecular weight excluding hydrogens is 328 g/mol. The van der Waals surface area contributed by atoms with Crippen LogP contribution in [0.3, 0.4) is 0 Å². The van der Waals surface area contributed by atoms with E-state index in [1.54, 1.807) is 11.3 Å². The van der Waals surface area contributed by atoms with Crippen LogP contribution < -0.4 is 11.5 Å². The molecule has 1 aliphatic rings. The summed E-state index contributed by atoms with van der Waals surface area (Å²) < 4.78 is 0. The van der Waals surface area contributed by atoms with Crippen LogP contribution in [0.5, 0.6) is 0 Å². The van der Waals surface area contributed by atoms with Gasteiger partial charge in [0.2, 0.25) is 11.8 Å². The van der Waals surface area contributed by atoms with E-state index in [4.69, 9.17) is 11.5 Å². The van der Waals surface area contributed by atoms with Crippen molar-refractivity contribution in [3.8, 4) is 0 Å². The normalized spacial score (nSPS) is 26.7. The van der Waals surface area contributed by atoms with Crippen molar-refractivity contribution in [1.29, 1.82) is 0 Å². The standard InChI is InChI=1S/C17H26N2O4S/c18-15(21)12-3-6-17(23,7-4-12)14(16(19)22)9-13(20)2-1-11-5-8-24-10-11/h5,8,10,12-14,20,23H,1-4,6-7,9H2,(H2,18,21)(H2,19,22). The van der Waals surface area contributed by atoms with Crippen LogP contribution in [0.25, 0.3) is 0 Å². The van der Waals surface area contributed by atoms with Crippen LogP contribution in [0.4, 0.5) is 0 Å². The average molecular weight is 354 g/mol. The maximum absolute atomic E-state index is 11.8. The summed E-state index contributed by atoms with van der Waals surface area (Å²) in [6, 6.07) is 2.00. The van der Waals surface area contributed by atoms with Gasteiger partial charge in [0, 0.05) is 5.92 Å². The van der Waals surface area contributed by atoms with Gasteiger partial charge in [0.05, 0.1) is 17.6 Å². The van der Waals surface area contributed by atoms with Crippen LogP contribution in [0, 0.1) is 11.8 Å². The number of primary amides is 2. The number of hydrogen-bond donors (Lipinski definition) is 4. The first-order valence-corrected chi connectivity index (χ1v) is 9.26. The van der Waals surface area contributed by atoms with Crippen LogP contribution >= 0.6 is 11.3 Å². The third-order valence-electron chi connectivity index (χ3n) is 5.10. The Bertz CT molecular complexity index is 553. The number of thiophene rings is 1. The minimum absolute atomic E-state index is 0.136. The summed E-state index contributed by atoms with van der Waals surface area (Å²) in [5.41, 5.74) is 10.7. The number of aliphatic hydroxyl groups is 2. The van der Waals surface area contributed by atoms with Gasteiger partial charge in [0.15, 0.2) is 0 Å². The molecule has 0 spiro atoms. The van der Waals surface area contributed by atoms with Crippen molar-refractivity contribution >= 4 is 23.2 Å². The average Bonchev–Trinajstić information content (AvgIpc) is 3.04. The summed E-state index contributed by atoms with van der Waals surface area (Å²) in [6.45, 7) is 0. The van der Waals surface area contributed by atoms with Gasteiger partial charge in [-0.25, -0.2) is 0 Å². The fourth-order valence-electron chi connectivity index (χ4n) is 3.51. The maximum Gasteiger partial charge on any atom is 0.223 e. The molecule has 2 amide bonds. The zero-order valence-corrected chi connectivity index (χ0v) is 14.5. The molecule has 7 heteroatoms. The van der Waals surface area contributed by atoms with Gasteiger partial charge in [-0.2, -0.15) is 11.3 Å². The topological polar surface area (TPSA) is 127 Å². The Kier molecular flexibility index (Phi) is 6.37. The number of amides is 2. The van der Waals surface area contributed by atoms with Gasteiger partial charge in [-0.05, 0) is 67.3 Å². The number of carbonyl (C=O) groups excluding carboxylic acids is 2. The molecule has 2 rings (SSSR count). The van der Waals surface area contributed by atoms with Crippen LogP contribution in [-0.4, -0.2) is 33.7 Å². The third-order valence-corrected chi connectivity index (χ3v) is 5.83. The molecule has 2 unspecified atom stereocenters. The lowest BCUT2D eigenvalue weighted by Gasteiger charge is -2.40. The maximum atomic E-state index is 11.8. The van der Waals surface area contributed by atoms with Crippen molar-refractivity contribution in [2.24, 2.45) is 23.3 Å². The fourth-order valence-corrected chi connectivity index (χ4v) is 4.21. The summed E-state index contributed by atoms with van der Waals surface area (Å²) in [7, 11) is 0. The number of rotatable bonds is 8. The molecule has 1 fully saturated rings. The predicted octanol–water partition coefficient (Wildman–Crippen LogP) is 0.940. The molecule has 1 heterocycles. The molecule has 0 aliphatic heterocycles. The Morgan fingerprint density at radius 2 is 2.00 bits per heavy atom. The minimum Gasteiger partial charge on any atom is -0.393 e. The van der Waals surface area contributed by atoms with Gasteiger partial charge >= 0.3 is 0 Å². The lowest BCUT2D eigenvalue weighted by atomic mass is 9.70. The molecule has 0 radical (unpaired) electrons. The molecule has 6 nitrogen and oxygen atoms in total. The molecular formula is C17H26N2O4S. The highest BCUT2D eigenvalue weighted by atomic mass is 32.1. The largest absolute Gasteiger partial charge is 0.393 e. The highest BCUT2D eigenvalue weighted by Gasteiger charge is 2.44. The Hall–Kier alpha value is -1.44. The van der Waals surface area contributed by atoms with E-state index in [-0.39, 0.29) is 18.2 Å². The number of carbonyl (C=O) groups is 2. The number of aliphatic hydroxyl groups excluding tert-OH is 1. The number of hydrogen-bond acceptors (Lipinski definition) is 5. The lowest BCUT2D eigenvalue weighted by molar-refractivity contribution is -0.140. The van der Waals surface area contributed by atoms with Gasteiger partial charge in [-0.15, -0.1) is 0 Å². The zero-order chi connectivity index (χ0) is 17.7. The molecule has 1 aliphatic carbocycles. The Morgan fingerprint density at radius 1 is 1.33 bits per heavy atom. The first-order chi connectivity index (χ1) is 11.3. The van der Waals surface area contributed by atoms with E-state index < -0.39 is 23.5 Å². The van der Waals surface area contributed by atoms with Crippen LogP contribution in [0.2, 0.25) is 0 Å². The van der Waals surface area contributed by atoms with Crippen molar-refractivity contribution in [1.82, 2.24) is 0 Å². The molecule has 134 valence electrons. The van der Waals surface area contributed by atoms with E-state index >= 15 is 0 Å². The minimum atomic E-state index is -1.26. The molecule has 1 aromatic heterocycles. The molecule has 24 heavy (non-hydrogen) atoms. The van der Waals surface area contributed by atoms with Crippen molar-refractivity contribution in [3.63, 3.8) is 0 Å². The summed E-state index contributed by atoms with van der Waals surface area (Å²) in [5.74, 6) is -2.06. The second kappa shape index (κ2) is 8.09. The SMILES string of the molecule is NC(=O)C1CCC(O)(C(CC(O)CCc2ccsc2)C(N)=O)CC1. The third kappa shape index (κ3) is 4.78. The van der Waals surface area contributed by atoms with Gasteiger partial charge in [-0.1, -0.05) is 0 Å². The zero-order valence-electron chi connectivity index (χ0n) is 13.7. The number of aryl methyl sites for hydroxylation is 1. The smallest absolute Gasteiger partial charge is 0.223 e. The van der Waals surface area contributed by atoms with Gasteiger partial charge in [-0.3, -0.25) is 9.59 Å². The van der Waals surface area contributed by atoms with Crippen LogP contribution in [0.1, 0.15) is 44.1 Å². The van der Waals surface area contributed by atoms with E-state index in [2.05, 4.69) is 0 Å². The van der Waals surface area contributed by atoms with Crippen LogP contribution in [0.15, 0.2) is 16.8 Å². The summed E-state index contributed by atoms with van der Waals surface area (Å²) in [6.07, 6.45) is 2.15. The Balaban J connectivity index is 1.93. The predicted molar refractivity (Wildman–Crippen MR) is 92.1 cm³/mol. The van der Waals surface area contributed by atoms with E-state index in [0.29, 0.717) is 32.1 Å². The quantitative estimate of drug-likeness (QED) is 0.554. The van der Waals surface area contributed by atoms with Crippen LogP contribution in [-0.2, 0) is 16.0 Å². The highest BCUT2D eigenvalue weighted by molar-refractivity contribution is 7.07. The fraction of sp³-hybridized carbons (Fsp3) is 0.647.